The first-order chi connectivity index (χ1) is 5.86. The van der Waals surface area contributed by atoms with E-state index in [1.165, 1.54) is 21.9 Å². The largest absolute Gasteiger partial charge is 0.398 e. The molecule has 12 heavy (non-hydrogen) atoms. The molecule has 1 aliphatic carbocycles. The lowest BCUT2D eigenvalue weighted by Crippen LogP contribution is -1.84. The molecule has 0 heterocycles. The fourth-order valence-corrected chi connectivity index (χ4v) is 1.79. The van der Waals surface area contributed by atoms with Crippen LogP contribution in [0.4, 0.5) is 5.69 Å². The Morgan fingerprint density at radius 2 is 1.92 bits per heavy atom. The number of benzene rings is 2. The van der Waals surface area contributed by atoms with Crippen LogP contribution in [0.1, 0.15) is 11.1 Å². The van der Waals surface area contributed by atoms with Gasteiger partial charge in [0.15, 0.2) is 0 Å². The van der Waals surface area contributed by atoms with Crippen LogP contribution in [0.5, 0.6) is 0 Å². The summed E-state index contributed by atoms with van der Waals surface area (Å²) in [7, 11) is 0. The molecule has 1 heteroatoms. The van der Waals surface area contributed by atoms with Gasteiger partial charge in [-0.25, -0.2) is 0 Å². The maximum Gasteiger partial charge on any atom is 0.0393 e. The highest BCUT2D eigenvalue weighted by molar-refractivity contribution is 5.98. The summed E-state index contributed by atoms with van der Waals surface area (Å²) in [6.07, 6.45) is 1.16. The molecule has 0 fully saturated rings. The fourth-order valence-electron chi connectivity index (χ4n) is 1.79. The fraction of sp³-hybridized carbons (Fsp3) is 0.0909. The zero-order chi connectivity index (χ0) is 8.13. The second-order valence-corrected chi connectivity index (χ2v) is 3.32. The van der Waals surface area contributed by atoms with E-state index in [9.17, 15) is 0 Å². The van der Waals surface area contributed by atoms with Crippen molar-refractivity contribution in [3.05, 3.63) is 41.5 Å². The zero-order valence-electron chi connectivity index (χ0n) is 6.67. The van der Waals surface area contributed by atoms with Crippen LogP contribution in [0.2, 0.25) is 0 Å². The Labute approximate surface area is 70.8 Å². The van der Waals surface area contributed by atoms with E-state index in [-0.39, 0.29) is 0 Å². The first-order valence-electron chi connectivity index (χ1n) is 4.15. The molecule has 0 unspecified atom stereocenters. The number of rotatable bonds is 0. The summed E-state index contributed by atoms with van der Waals surface area (Å²) in [5, 5.41) is 2.54. The van der Waals surface area contributed by atoms with E-state index in [1.54, 1.807) is 0 Å². The summed E-state index contributed by atoms with van der Waals surface area (Å²) in [6, 6.07) is 10.4. The van der Waals surface area contributed by atoms with Gasteiger partial charge in [-0.2, -0.15) is 0 Å². The van der Waals surface area contributed by atoms with Crippen molar-refractivity contribution in [3.63, 3.8) is 0 Å². The molecular formula is C11H9N. The maximum atomic E-state index is 5.85. The van der Waals surface area contributed by atoms with Crippen LogP contribution in [0.15, 0.2) is 30.3 Å². The van der Waals surface area contributed by atoms with Crippen LogP contribution in [-0.4, -0.2) is 0 Å². The van der Waals surface area contributed by atoms with Gasteiger partial charge in [-0.1, -0.05) is 24.3 Å². The molecule has 0 radical (unpaired) electrons. The zero-order valence-corrected chi connectivity index (χ0v) is 6.67. The summed E-state index contributed by atoms with van der Waals surface area (Å²) in [6.45, 7) is 0. The third-order valence-corrected chi connectivity index (χ3v) is 2.55. The van der Waals surface area contributed by atoms with Crippen LogP contribution in [0, 0.1) is 0 Å². The molecule has 3 rings (SSSR count). The maximum absolute atomic E-state index is 5.85. The molecule has 1 nitrogen and oxygen atoms in total. The molecule has 0 saturated heterocycles. The number of anilines is 1. The van der Waals surface area contributed by atoms with Gasteiger partial charge in [-0.3, -0.25) is 0 Å². The predicted octanol–water partition coefficient (Wildman–Crippen LogP) is 2.33. The highest BCUT2D eigenvalue weighted by atomic mass is 14.5. The second-order valence-electron chi connectivity index (χ2n) is 3.32. The highest BCUT2D eigenvalue weighted by Gasteiger charge is 2.19. The minimum absolute atomic E-state index is 0.891. The van der Waals surface area contributed by atoms with Crippen molar-refractivity contribution in [1.82, 2.24) is 0 Å². The molecule has 0 aromatic heterocycles. The quantitative estimate of drug-likeness (QED) is 0.495. The van der Waals surface area contributed by atoms with E-state index in [0.717, 1.165) is 12.1 Å². The molecule has 0 bridgehead atoms. The van der Waals surface area contributed by atoms with Gasteiger partial charge < -0.3 is 5.73 Å². The Balaban J connectivity index is 2.55. The van der Waals surface area contributed by atoms with Gasteiger partial charge in [0.25, 0.3) is 0 Å². The molecule has 0 aliphatic heterocycles. The number of fused-ring (bicyclic) bond motifs is 3. The van der Waals surface area contributed by atoms with E-state index in [1.807, 2.05) is 12.1 Å². The smallest absolute Gasteiger partial charge is 0.0393 e. The molecule has 2 N–H and O–H groups in total. The molecule has 0 spiro atoms. The topological polar surface area (TPSA) is 26.0 Å². The summed E-state index contributed by atoms with van der Waals surface area (Å²) < 4.78 is 0. The average molecular weight is 155 g/mol. The number of nitrogen functional groups attached to an aromatic ring is 1. The van der Waals surface area contributed by atoms with Crippen LogP contribution in [0.3, 0.4) is 0 Å². The monoisotopic (exact) mass is 155 g/mol. The van der Waals surface area contributed by atoms with Crippen molar-refractivity contribution in [2.45, 2.75) is 6.42 Å². The van der Waals surface area contributed by atoms with Gasteiger partial charge in [-0.05, 0) is 29.0 Å². The van der Waals surface area contributed by atoms with Crippen LogP contribution in [0.25, 0.3) is 10.8 Å². The van der Waals surface area contributed by atoms with Crippen LogP contribution < -0.4 is 5.73 Å². The number of hydrogen-bond acceptors (Lipinski definition) is 1. The molecule has 0 saturated carbocycles. The van der Waals surface area contributed by atoms with Crippen molar-refractivity contribution in [3.8, 4) is 0 Å². The first-order valence-corrected chi connectivity index (χ1v) is 4.15. The summed E-state index contributed by atoms with van der Waals surface area (Å²) >= 11 is 0. The third kappa shape index (κ3) is 0.632. The Hall–Kier alpha value is -1.50. The van der Waals surface area contributed by atoms with Crippen molar-refractivity contribution < 1.29 is 0 Å². The summed E-state index contributed by atoms with van der Waals surface area (Å²) in [4.78, 5) is 0. The van der Waals surface area contributed by atoms with Gasteiger partial charge in [0.2, 0.25) is 0 Å². The Bertz CT molecular complexity index is 466. The SMILES string of the molecule is Nc1cccc2c3c(ccc12)C3. The van der Waals surface area contributed by atoms with Crippen LogP contribution >= 0.6 is 0 Å². The molecule has 2 aromatic carbocycles. The average Bonchev–Trinajstić information content (AvgIpc) is 2.83. The van der Waals surface area contributed by atoms with E-state index in [4.69, 9.17) is 5.73 Å². The lowest BCUT2D eigenvalue weighted by molar-refractivity contribution is 1.62. The standard InChI is InChI=1S/C11H9N/c12-11-3-1-2-8-9(11)5-4-7-6-10(7)8/h1-5H,6,12H2. The second kappa shape index (κ2) is 1.81. The van der Waals surface area contributed by atoms with Crippen LogP contribution in [-0.2, 0) is 6.42 Å². The lowest BCUT2D eigenvalue weighted by Gasteiger charge is -1.98. The Kier molecular flexibility index (Phi) is 0.912. The van der Waals surface area contributed by atoms with E-state index < -0.39 is 0 Å². The molecular weight excluding hydrogens is 146 g/mol. The molecule has 2 aromatic rings. The van der Waals surface area contributed by atoms with Crippen molar-refractivity contribution in [2.75, 3.05) is 5.73 Å². The lowest BCUT2D eigenvalue weighted by atomic mass is 10.1. The van der Waals surface area contributed by atoms with Crippen molar-refractivity contribution in [1.29, 1.82) is 0 Å². The van der Waals surface area contributed by atoms with E-state index >= 15 is 0 Å². The van der Waals surface area contributed by atoms with Gasteiger partial charge in [0.1, 0.15) is 0 Å². The normalized spacial score (nSPS) is 13.0. The Morgan fingerprint density at radius 3 is 2.83 bits per heavy atom. The summed E-state index contributed by atoms with van der Waals surface area (Å²) in [5.41, 5.74) is 9.70. The van der Waals surface area contributed by atoms with E-state index in [2.05, 4.69) is 18.2 Å². The van der Waals surface area contributed by atoms with Gasteiger partial charge >= 0.3 is 0 Å². The molecule has 1 aliphatic rings. The first kappa shape index (κ1) is 6.06. The van der Waals surface area contributed by atoms with Crippen molar-refractivity contribution in [2.24, 2.45) is 0 Å². The van der Waals surface area contributed by atoms with Gasteiger partial charge in [-0.15, -0.1) is 0 Å². The van der Waals surface area contributed by atoms with E-state index in [0.29, 0.717) is 0 Å². The summed E-state index contributed by atoms with van der Waals surface area (Å²) in [5.74, 6) is 0. The molecule has 0 amide bonds. The molecule has 58 valence electrons. The minimum atomic E-state index is 0.891. The minimum Gasteiger partial charge on any atom is -0.398 e. The number of nitrogens with two attached hydrogens (primary N) is 1. The van der Waals surface area contributed by atoms with Gasteiger partial charge in [0, 0.05) is 11.1 Å². The third-order valence-electron chi connectivity index (χ3n) is 2.55. The highest BCUT2D eigenvalue weighted by Crippen LogP contribution is 2.36. The van der Waals surface area contributed by atoms with Gasteiger partial charge in [0.05, 0.1) is 0 Å². The predicted molar refractivity (Wildman–Crippen MR) is 51.2 cm³/mol. The molecule has 0 atom stereocenters. The Morgan fingerprint density at radius 1 is 1.00 bits per heavy atom. The van der Waals surface area contributed by atoms with Crippen molar-refractivity contribution >= 4 is 16.5 Å². The number of hydrogen-bond donors (Lipinski definition) is 1.